The zero-order valence-corrected chi connectivity index (χ0v) is 4.41. The van der Waals surface area contributed by atoms with Crippen molar-refractivity contribution in [1.82, 2.24) is 20.2 Å². The Morgan fingerprint density at radius 1 is 1.71 bits per heavy atom. The van der Waals surface area contributed by atoms with Crippen molar-refractivity contribution in [2.75, 3.05) is 0 Å². The number of thiol groups is 1. The van der Waals surface area contributed by atoms with Crippen LogP contribution in [0.5, 0.6) is 0 Å². The summed E-state index contributed by atoms with van der Waals surface area (Å²) in [5.74, 6) is 0.486. The van der Waals surface area contributed by atoms with Gasteiger partial charge in [0, 0.05) is 0 Å². The van der Waals surface area contributed by atoms with Crippen LogP contribution in [0.1, 0.15) is 0 Å². The predicted molar refractivity (Wildman–Crippen MR) is 26.8 cm³/mol. The molecule has 0 saturated carbocycles. The van der Waals surface area contributed by atoms with Gasteiger partial charge >= 0.3 is 0 Å². The van der Waals surface area contributed by atoms with E-state index in [1.807, 2.05) is 0 Å². The quantitative estimate of drug-likeness (QED) is 0.506. The number of nitrogens with zero attached hydrogens (tertiary/aromatic N) is 4. The summed E-state index contributed by atoms with van der Waals surface area (Å²) in [6, 6.07) is 0. The lowest BCUT2D eigenvalue weighted by atomic mass is 11.4. The van der Waals surface area contributed by atoms with Gasteiger partial charge in [-0.05, 0) is 5.21 Å². The highest BCUT2D eigenvalue weighted by Crippen LogP contribution is 1.75. The third-order valence-electron chi connectivity index (χ3n) is 0.518. The first kappa shape index (κ1) is 4.58. The van der Waals surface area contributed by atoms with Crippen molar-refractivity contribution in [2.45, 2.75) is 5.88 Å². The first-order valence-corrected chi connectivity index (χ1v) is 2.38. The van der Waals surface area contributed by atoms with Crippen LogP contribution in [0.2, 0.25) is 0 Å². The van der Waals surface area contributed by atoms with Crippen LogP contribution in [0.15, 0.2) is 6.33 Å². The molecule has 1 aromatic rings. The van der Waals surface area contributed by atoms with Gasteiger partial charge in [0.2, 0.25) is 0 Å². The Morgan fingerprint density at radius 3 is 2.86 bits per heavy atom. The van der Waals surface area contributed by atoms with E-state index in [-0.39, 0.29) is 0 Å². The second-order valence-electron chi connectivity index (χ2n) is 0.950. The molecule has 0 bridgehead atoms. The third-order valence-corrected chi connectivity index (χ3v) is 0.771. The zero-order chi connectivity index (χ0) is 5.11. The molecule has 38 valence electrons. The molecule has 4 nitrogen and oxygen atoms in total. The van der Waals surface area contributed by atoms with Crippen molar-refractivity contribution in [3.8, 4) is 0 Å². The van der Waals surface area contributed by atoms with E-state index in [4.69, 9.17) is 0 Å². The molecule has 0 fully saturated rings. The predicted octanol–water partition coefficient (Wildman–Crippen LogP) is -0.440. The van der Waals surface area contributed by atoms with Crippen molar-refractivity contribution in [3.63, 3.8) is 0 Å². The third kappa shape index (κ3) is 0.894. The molecular formula is C2H4N4S. The molecule has 1 aromatic heterocycles. The molecule has 7 heavy (non-hydrogen) atoms. The number of rotatable bonds is 1. The topological polar surface area (TPSA) is 43.6 Å². The Kier molecular flexibility index (Phi) is 1.26. The highest BCUT2D eigenvalue weighted by Gasteiger charge is 1.81. The average Bonchev–Trinajstić information content (AvgIpc) is 2.14. The first-order valence-electron chi connectivity index (χ1n) is 1.75. The van der Waals surface area contributed by atoms with E-state index >= 15 is 0 Å². The van der Waals surface area contributed by atoms with E-state index < -0.39 is 0 Å². The van der Waals surface area contributed by atoms with Gasteiger partial charge in [-0.25, -0.2) is 0 Å². The maximum absolute atomic E-state index is 3.87. The second kappa shape index (κ2) is 1.92. The molecule has 0 aliphatic rings. The van der Waals surface area contributed by atoms with Gasteiger partial charge < -0.3 is 0 Å². The summed E-state index contributed by atoms with van der Waals surface area (Å²) in [5, 5.41) is 10.6. The zero-order valence-electron chi connectivity index (χ0n) is 3.52. The average molecular weight is 116 g/mol. The smallest absolute Gasteiger partial charge is 0.155 e. The van der Waals surface area contributed by atoms with Crippen molar-refractivity contribution >= 4 is 12.6 Å². The van der Waals surface area contributed by atoms with Crippen LogP contribution in [0.3, 0.4) is 0 Å². The van der Waals surface area contributed by atoms with Crippen LogP contribution in [-0.4, -0.2) is 20.2 Å². The lowest BCUT2D eigenvalue weighted by Crippen LogP contribution is -1.95. The van der Waals surface area contributed by atoms with Crippen LogP contribution < -0.4 is 0 Å². The van der Waals surface area contributed by atoms with Crippen LogP contribution in [0.25, 0.3) is 0 Å². The Morgan fingerprint density at radius 2 is 2.57 bits per heavy atom. The fourth-order valence-electron chi connectivity index (χ4n) is 0.253. The highest BCUT2D eigenvalue weighted by molar-refractivity contribution is 7.79. The standard InChI is InChI=1S/C2H4N4S/c7-2-6-4-1-3-5-6/h1,7H,2H2. The summed E-state index contributed by atoms with van der Waals surface area (Å²) in [6.07, 6.45) is 1.37. The van der Waals surface area contributed by atoms with E-state index in [0.717, 1.165) is 0 Å². The van der Waals surface area contributed by atoms with Gasteiger partial charge in [0.1, 0.15) is 5.88 Å². The number of hydrogen-bond donors (Lipinski definition) is 1. The van der Waals surface area contributed by atoms with Gasteiger partial charge in [0.25, 0.3) is 0 Å². The first-order chi connectivity index (χ1) is 3.43. The highest BCUT2D eigenvalue weighted by atomic mass is 32.1. The van der Waals surface area contributed by atoms with Gasteiger partial charge in [-0.15, -0.1) is 10.2 Å². The van der Waals surface area contributed by atoms with E-state index in [1.54, 1.807) is 0 Å². The van der Waals surface area contributed by atoms with E-state index in [9.17, 15) is 0 Å². The summed E-state index contributed by atoms with van der Waals surface area (Å²) in [5.41, 5.74) is 0. The minimum atomic E-state index is 0.486. The molecule has 1 rings (SSSR count). The Hall–Kier alpha value is -0.580. The minimum Gasteiger partial charge on any atom is -0.155 e. The van der Waals surface area contributed by atoms with Crippen molar-refractivity contribution in [1.29, 1.82) is 0 Å². The summed E-state index contributed by atoms with van der Waals surface area (Å²) in [4.78, 5) is 1.38. The normalized spacial score (nSPS) is 9.29. The van der Waals surface area contributed by atoms with Gasteiger partial charge in [0.15, 0.2) is 6.33 Å². The molecule has 0 atom stereocenters. The molecule has 0 spiro atoms. The molecule has 0 aromatic carbocycles. The summed E-state index contributed by atoms with van der Waals surface area (Å²) in [6.45, 7) is 0. The van der Waals surface area contributed by atoms with E-state index in [2.05, 4.69) is 28.0 Å². The molecule has 0 radical (unpaired) electrons. The Balaban J connectivity index is 2.76. The van der Waals surface area contributed by atoms with Gasteiger partial charge in [-0.2, -0.15) is 17.4 Å². The lowest BCUT2D eigenvalue weighted by molar-refractivity contribution is 0.620. The van der Waals surface area contributed by atoms with Crippen LogP contribution in [-0.2, 0) is 5.88 Å². The van der Waals surface area contributed by atoms with Crippen molar-refractivity contribution in [3.05, 3.63) is 6.33 Å². The van der Waals surface area contributed by atoms with E-state index in [0.29, 0.717) is 5.88 Å². The number of hydrogen-bond acceptors (Lipinski definition) is 4. The molecule has 0 aliphatic heterocycles. The largest absolute Gasteiger partial charge is 0.162 e. The summed E-state index contributed by atoms with van der Waals surface area (Å²) < 4.78 is 0. The number of tetrazole rings is 1. The molecule has 0 N–H and O–H groups in total. The molecule has 1 heterocycles. The summed E-state index contributed by atoms with van der Waals surface area (Å²) >= 11 is 3.87. The van der Waals surface area contributed by atoms with Crippen molar-refractivity contribution in [2.24, 2.45) is 0 Å². The maximum atomic E-state index is 3.87. The molecular weight excluding hydrogens is 112 g/mol. The molecule has 0 saturated heterocycles. The van der Waals surface area contributed by atoms with Crippen LogP contribution in [0, 0.1) is 0 Å². The van der Waals surface area contributed by atoms with E-state index in [1.165, 1.54) is 11.1 Å². The monoisotopic (exact) mass is 116 g/mol. The summed E-state index contributed by atoms with van der Waals surface area (Å²) in [7, 11) is 0. The van der Waals surface area contributed by atoms with Crippen molar-refractivity contribution < 1.29 is 0 Å². The molecule has 0 amide bonds. The lowest BCUT2D eigenvalue weighted by Gasteiger charge is -1.82. The Labute approximate surface area is 45.9 Å². The SMILES string of the molecule is SCn1ncnn1. The molecule has 5 heteroatoms. The van der Waals surface area contributed by atoms with Gasteiger partial charge in [0.05, 0.1) is 0 Å². The fraction of sp³-hybridized carbons (Fsp3) is 0.500. The number of aromatic nitrogens is 4. The van der Waals surface area contributed by atoms with Crippen LogP contribution >= 0.6 is 12.6 Å². The Bertz CT molecular complexity index is 124. The van der Waals surface area contributed by atoms with Crippen LogP contribution in [0.4, 0.5) is 0 Å². The maximum Gasteiger partial charge on any atom is 0.162 e. The fourth-order valence-corrected chi connectivity index (χ4v) is 0.383. The minimum absolute atomic E-state index is 0.486. The molecule has 0 unspecified atom stereocenters. The second-order valence-corrected chi connectivity index (χ2v) is 1.23. The van der Waals surface area contributed by atoms with Gasteiger partial charge in [-0.1, -0.05) is 0 Å². The molecule has 0 aliphatic carbocycles. The van der Waals surface area contributed by atoms with Gasteiger partial charge in [-0.3, -0.25) is 0 Å².